The molecular formula is C23H24N4O2. The largest absolute Gasteiger partial charge is 0.457 e. The molecule has 5 rings (SSSR count). The topological polar surface area (TPSA) is 50.6 Å². The quantitative estimate of drug-likeness (QED) is 0.671. The second kappa shape index (κ2) is 7.04. The van der Waals surface area contributed by atoms with Gasteiger partial charge in [0.2, 0.25) is 5.95 Å². The van der Waals surface area contributed by atoms with Crippen LogP contribution in [-0.2, 0) is 6.67 Å². The summed E-state index contributed by atoms with van der Waals surface area (Å²) in [6.45, 7) is 5.10. The highest BCUT2D eigenvalue weighted by atomic mass is 16.5. The molecule has 1 aliphatic carbocycles. The van der Waals surface area contributed by atoms with E-state index in [1.165, 1.54) is 12.8 Å². The maximum Gasteiger partial charge on any atom is 0.259 e. The molecule has 148 valence electrons. The van der Waals surface area contributed by atoms with Crippen LogP contribution in [-0.4, -0.2) is 27.2 Å². The van der Waals surface area contributed by atoms with Crippen molar-refractivity contribution >= 4 is 11.6 Å². The number of hydrogen-bond donors (Lipinski definition) is 0. The molecule has 0 amide bonds. The number of nitrogens with zero attached hydrogens (tertiary/aromatic N) is 4. The molecular weight excluding hydrogens is 364 g/mol. The molecule has 0 radical (unpaired) electrons. The SMILES string of the molecule is Cc1nc2n(c(=O)c1C)CN(C1CC1)CN2c1ccc(Oc2ccccc2)cc1. The van der Waals surface area contributed by atoms with Gasteiger partial charge in [-0.15, -0.1) is 0 Å². The van der Waals surface area contributed by atoms with Crippen LogP contribution >= 0.6 is 0 Å². The van der Waals surface area contributed by atoms with E-state index in [-0.39, 0.29) is 5.56 Å². The van der Waals surface area contributed by atoms with Crippen LogP contribution in [0.2, 0.25) is 0 Å². The summed E-state index contributed by atoms with van der Waals surface area (Å²) >= 11 is 0. The Labute approximate surface area is 170 Å². The minimum atomic E-state index is 0.0480. The van der Waals surface area contributed by atoms with Gasteiger partial charge in [0.15, 0.2) is 0 Å². The molecule has 0 unspecified atom stereocenters. The fourth-order valence-electron chi connectivity index (χ4n) is 3.73. The van der Waals surface area contributed by atoms with Crippen molar-refractivity contribution in [2.45, 2.75) is 39.4 Å². The fourth-order valence-corrected chi connectivity index (χ4v) is 3.73. The Kier molecular flexibility index (Phi) is 4.36. The van der Waals surface area contributed by atoms with Crippen LogP contribution in [0.1, 0.15) is 24.1 Å². The first kappa shape index (κ1) is 17.9. The van der Waals surface area contributed by atoms with Crippen molar-refractivity contribution in [3.63, 3.8) is 0 Å². The number of aryl methyl sites for hydroxylation is 1. The van der Waals surface area contributed by atoms with Gasteiger partial charge in [-0.3, -0.25) is 19.2 Å². The molecule has 6 nitrogen and oxygen atoms in total. The summed E-state index contributed by atoms with van der Waals surface area (Å²) in [6, 6.07) is 18.3. The predicted molar refractivity (Wildman–Crippen MR) is 113 cm³/mol. The molecule has 1 aromatic heterocycles. The molecule has 2 aromatic carbocycles. The van der Waals surface area contributed by atoms with E-state index in [0.717, 1.165) is 35.1 Å². The lowest BCUT2D eigenvalue weighted by Gasteiger charge is -2.38. The number of para-hydroxylation sites is 1. The second-order valence-electron chi connectivity index (χ2n) is 7.80. The Bertz CT molecular complexity index is 1090. The van der Waals surface area contributed by atoms with E-state index in [9.17, 15) is 4.79 Å². The molecule has 3 aromatic rings. The predicted octanol–water partition coefficient (Wildman–Crippen LogP) is 4.18. The average molecular weight is 388 g/mol. The van der Waals surface area contributed by atoms with Crippen molar-refractivity contribution in [1.82, 2.24) is 14.5 Å². The summed E-state index contributed by atoms with van der Waals surface area (Å²) in [5.74, 6) is 2.30. The van der Waals surface area contributed by atoms with Crippen LogP contribution in [0, 0.1) is 13.8 Å². The van der Waals surface area contributed by atoms with Gasteiger partial charge in [0, 0.05) is 23.0 Å². The summed E-state index contributed by atoms with van der Waals surface area (Å²) in [6.07, 6.45) is 2.39. The van der Waals surface area contributed by atoms with Crippen LogP contribution in [0.5, 0.6) is 11.5 Å². The smallest absolute Gasteiger partial charge is 0.259 e. The molecule has 0 saturated heterocycles. The maximum atomic E-state index is 12.9. The van der Waals surface area contributed by atoms with E-state index in [0.29, 0.717) is 18.7 Å². The van der Waals surface area contributed by atoms with Crippen molar-refractivity contribution < 1.29 is 4.74 Å². The normalized spacial score (nSPS) is 16.6. The molecule has 0 N–H and O–H groups in total. The molecule has 6 heteroatoms. The zero-order chi connectivity index (χ0) is 20.0. The summed E-state index contributed by atoms with van der Waals surface area (Å²) in [7, 11) is 0. The van der Waals surface area contributed by atoms with Gasteiger partial charge < -0.3 is 4.74 Å². The van der Waals surface area contributed by atoms with Crippen molar-refractivity contribution in [2.75, 3.05) is 11.6 Å². The Morgan fingerprint density at radius 2 is 1.62 bits per heavy atom. The van der Waals surface area contributed by atoms with E-state index in [1.807, 2.05) is 68.4 Å². The van der Waals surface area contributed by atoms with E-state index in [2.05, 4.69) is 9.80 Å². The van der Waals surface area contributed by atoms with Crippen molar-refractivity contribution in [3.05, 3.63) is 76.2 Å². The Morgan fingerprint density at radius 3 is 2.31 bits per heavy atom. The molecule has 0 bridgehead atoms. The number of rotatable bonds is 4. The van der Waals surface area contributed by atoms with E-state index < -0.39 is 0 Å². The maximum absolute atomic E-state index is 12.9. The number of fused-ring (bicyclic) bond motifs is 1. The van der Waals surface area contributed by atoms with Crippen LogP contribution in [0.3, 0.4) is 0 Å². The van der Waals surface area contributed by atoms with Gasteiger partial charge in [0.25, 0.3) is 5.56 Å². The molecule has 1 fully saturated rings. The number of ether oxygens (including phenoxy) is 1. The summed E-state index contributed by atoms with van der Waals surface area (Å²) in [5, 5.41) is 0. The molecule has 1 saturated carbocycles. The van der Waals surface area contributed by atoms with Gasteiger partial charge in [-0.2, -0.15) is 0 Å². The van der Waals surface area contributed by atoms with Crippen molar-refractivity contribution in [3.8, 4) is 11.5 Å². The van der Waals surface area contributed by atoms with Gasteiger partial charge in [-0.05, 0) is 63.1 Å². The molecule has 2 aliphatic rings. The average Bonchev–Trinajstić information content (AvgIpc) is 3.59. The first-order valence-corrected chi connectivity index (χ1v) is 10.0. The van der Waals surface area contributed by atoms with E-state index >= 15 is 0 Å². The van der Waals surface area contributed by atoms with E-state index in [1.54, 1.807) is 4.57 Å². The first-order chi connectivity index (χ1) is 14.1. The summed E-state index contributed by atoms with van der Waals surface area (Å²) in [4.78, 5) is 22.2. The highest BCUT2D eigenvalue weighted by molar-refractivity contribution is 5.59. The van der Waals surface area contributed by atoms with Crippen molar-refractivity contribution in [1.29, 1.82) is 0 Å². The minimum absolute atomic E-state index is 0.0480. The Hall–Kier alpha value is -3.12. The third-order valence-corrected chi connectivity index (χ3v) is 5.70. The summed E-state index contributed by atoms with van der Waals surface area (Å²) in [5.41, 5.74) is 2.56. The highest BCUT2D eigenvalue weighted by Gasteiger charge is 2.35. The lowest BCUT2D eigenvalue weighted by Crippen LogP contribution is -2.48. The first-order valence-electron chi connectivity index (χ1n) is 10.0. The lowest BCUT2D eigenvalue weighted by atomic mass is 10.2. The monoisotopic (exact) mass is 388 g/mol. The van der Waals surface area contributed by atoms with Gasteiger partial charge in [-0.1, -0.05) is 18.2 Å². The van der Waals surface area contributed by atoms with Crippen LogP contribution in [0.25, 0.3) is 0 Å². The second-order valence-corrected chi connectivity index (χ2v) is 7.80. The van der Waals surface area contributed by atoms with Crippen LogP contribution < -0.4 is 15.2 Å². The third kappa shape index (κ3) is 3.40. The number of aromatic nitrogens is 2. The molecule has 2 heterocycles. The minimum Gasteiger partial charge on any atom is -0.457 e. The lowest BCUT2D eigenvalue weighted by molar-refractivity contribution is 0.188. The molecule has 0 spiro atoms. The molecule has 29 heavy (non-hydrogen) atoms. The zero-order valence-corrected chi connectivity index (χ0v) is 16.7. The molecule has 0 atom stereocenters. The third-order valence-electron chi connectivity index (χ3n) is 5.70. The standard InChI is InChI=1S/C23H24N4O2/c1-16-17(2)24-23-26(14-25(18-8-9-18)15-27(23)22(16)28)19-10-12-21(13-11-19)29-20-6-4-3-5-7-20/h3-7,10-13,18H,8-9,14-15H2,1-2H3. The Balaban J connectivity index is 1.49. The van der Waals surface area contributed by atoms with Gasteiger partial charge in [0.05, 0.1) is 13.3 Å². The summed E-state index contributed by atoms with van der Waals surface area (Å²) < 4.78 is 7.72. The van der Waals surface area contributed by atoms with Gasteiger partial charge >= 0.3 is 0 Å². The van der Waals surface area contributed by atoms with Crippen LogP contribution in [0.4, 0.5) is 11.6 Å². The van der Waals surface area contributed by atoms with Gasteiger partial charge in [0.1, 0.15) is 11.5 Å². The zero-order valence-electron chi connectivity index (χ0n) is 16.7. The number of hydrogen-bond acceptors (Lipinski definition) is 5. The molecule has 1 aliphatic heterocycles. The fraction of sp³-hybridized carbons (Fsp3) is 0.304. The highest BCUT2D eigenvalue weighted by Crippen LogP contribution is 2.35. The number of benzene rings is 2. The Morgan fingerprint density at radius 1 is 0.931 bits per heavy atom. The van der Waals surface area contributed by atoms with Crippen LogP contribution in [0.15, 0.2) is 59.4 Å². The van der Waals surface area contributed by atoms with E-state index in [4.69, 9.17) is 9.72 Å². The van der Waals surface area contributed by atoms with Crippen molar-refractivity contribution in [2.24, 2.45) is 0 Å². The number of anilines is 2. The van der Waals surface area contributed by atoms with Gasteiger partial charge in [-0.25, -0.2) is 4.98 Å².